The number of piperidine rings is 1. The molecule has 4 nitrogen and oxygen atoms in total. The minimum absolute atomic E-state index is 0.197. The fourth-order valence-corrected chi connectivity index (χ4v) is 3.99. The highest BCUT2D eigenvalue weighted by Crippen LogP contribution is 2.32. The van der Waals surface area contributed by atoms with E-state index < -0.39 is 10.0 Å². The lowest BCUT2D eigenvalue weighted by Gasteiger charge is -2.36. The molecule has 21 heavy (non-hydrogen) atoms. The Labute approximate surface area is 126 Å². The van der Waals surface area contributed by atoms with Gasteiger partial charge in [0.15, 0.2) is 0 Å². The second kappa shape index (κ2) is 6.18. The van der Waals surface area contributed by atoms with Gasteiger partial charge in [-0.15, -0.1) is 0 Å². The standard InChI is InChI=1S/C16H21NO3S/c1-16(2)9-11-17(12-10-16)21(19,20)15-8-4-3-6-14(15)7-5-13-18/h3-4,6,8,18H,9-13H2,1-2H3. The quantitative estimate of drug-likeness (QED) is 0.848. The predicted octanol–water partition coefficient (Wildman–Crippen LogP) is 1.84. The molecular weight excluding hydrogens is 286 g/mol. The zero-order chi connectivity index (χ0) is 15.5. The normalized spacial score (nSPS) is 18.8. The van der Waals surface area contributed by atoms with Gasteiger partial charge < -0.3 is 5.11 Å². The van der Waals surface area contributed by atoms with Gasteiger partial charge in [0.25, 0.3) is 0 Å². The van der Waals surface area contributed by atoms with Gasteiger partial charge in [0, 0.05) is 18.7 Å². The molecule has 0 atom stereocenters. The molecule has 114 valence electrons. The van der Waals surface area contributed by atoms with Crippen molar-refractivity contribution in [3.8, 4) is 11.8 Å². The molecule has 5 heteroatoms. The molecule has 0 bridgehead atoms. The van der Waals surface area contributed by atoms with Gasteiger partial charge in [-0.3, -0.25) is 0 Å². The van der Waals surface area contributed by atoms with Crippen LogP contribution in [0.5, 0.6) is 0 Å². The molecule has 0 aliphatic carbocycles. The average Bonchev–Trinajstić information content (AvgIpc) is 2.45. The van der Waals surface area contributed by atoms with Crippen molar-refractivity contribution < 1.29 is 13.5 Å². The van der Waals surface area contributed by atoms with Crippen LogP contribution in [-0.4, -0.2) is 37.5 Å². The molecule has 1 aromatic rings. The van der Waals surface area contributed by atoms with Gasteiger partial charge in [0.2, 0.25) is 10.0 Å². The number of sulfonamides is 1. The fraction of sp³-hybridized carbons (Fsp3) is 0.500. The topological polar surface area (TPSA) is 57.6 Å². The Morgan fingerprint density at radius 3 is 2.48 bits per heavy atom. The number of rotatable bonds is 2. The van der Waals surface area contributed by atoms with Crippen molar-refractivity contribution in [2.75, 3.05) is 19.7 Å². The zero-order valence-electron chi connectivity index (χ0n) is 12.5. The summed E-state index contributed by atoms with van der Waals surface area (Å²) < 4.78 is 27.1. The van der Waals surface area contributed by atoms with E-state index in [2.05, 4.69) is 25.7 Å². The van der Waals surface area contributed by atoms with Crippen molar-refractivity contribution in [2.45, 2.75) is 31.6 Å². The maximum Gasteiger partial charge on any atom is 0.244 e. The molecule has 0 amide bonds. The molecule has 1 aliphatic rings. The summed E-state index contributed by atoms with van der Waals surface area (Å²) in [5, 5.41) is 8.79. The van der Waals surface area contributed by atoms with Crippen LogP contribution in [0.1, 0.15) is 32.3 Å². The molecule has 0 spiro atoms. The van der Waals surface area contributed by atoms with Crippen LogP contribution in [-0.2, 0) is 10.0 Å². The lowest BCUT2D eigenvalue weighted by molar-refractivity contribution is 0.196. The number of hydrogen-bond acceptors (Lipinski definition) is 3. The number of benzene rings is 1. The van der Waals surface area contributed by atoms with Gasteiger partial charge in [-0.25, -0.2) is 8.42 Å². The molecular formula is C16H21NO3S. The Morgan fingerprint density at radius 2 is 1.86 bits per heavy atom. The van der Waals surface area contributed by atoms with E-state index in [1.54, 1.807) is 24.3 Å². The molecule has 0 aromatic heterocycles. The van der Waals surface area contributed by atoms with Crippen LogP contribution in [0.3, 0.4) is 0 Å². The maximum absolute atomic E-state index is 12.8. The Hall–Kier alpha value is -1.35. The summed E-state index contributed by atoms with van der Waals surface area (Å²) in [5.74, 6) is 5.23. The highest BCUT2D eigenvalue weighted by atomic mass is 32.2. The second-order valence-electron chi connectivity index (χ2n) is 6.02. The smallest absolute Gasteiger partial charge is 0.244 e. The fourth-order valence-electron chi connectivity index (χ4n) is 2.40. The second-order valence-corrected chi connectivity index (χ2v) is 7.93. The van der Waals surface area contributed by atoms with E-state index >= 15 is 0 Å². The summed E-state index contributed by atoms with van der Waals surface area (Å²) in [4.78, 5) is 0.227. The number of nitrogens with zero attached hydrogens (tertiary/aromatic N) is 1. The van der Waals surface area contributed by atoms with Crippen molar-refractivity contribution in [3.63, 3.8) is 0 Å². The summed E-state index contributed by atoms with van der Waals surface area (Å²) in [6.45, 7) is 5.12. The van der Waals surface area contributed by atoms with Gasteiger partial charge in [0.05, 0.1) is 4.90 Å². The lowest BCUT2D eigenvalue weighted by Crippen LogP contribution is -2.41. The highest BCUT2D eigenvalue weighted by molar-refractivity contribution is 7.89. The van der Waals surface area contributed by atoms with Crippen molar-refractivity contribution in [3.05, 3.63) is 29.8 Å². The van der Waals surface area contributed by atoms with Crippen molar-refractivity contribution in [1.29, 1.82) is 0 Å². The first kappa shape index (κ1) is 16.0. The Kier molecular flexibility index (Phi) is 4.72. The third-order valence-corrected chi connectivity index (χ3v) is 5.84. The van der Waals surface area contributed by atoms with E-state index in [9.17, 15) is 8.42 Å². The minimum Gasteiger partial charge on any atom is -0.384 e. The molecule has 1 fully saturated rings. The van der Waals surface area contributed by atoms with Gasteiger partial charge >= 0.3 is 0 Å². The monoisotopic (exact) mass is 307 g/mol. The van der Waals surface area contributed by atoms with E-state index in [0.29, 0.717) is 18.7 Å². The molecule has 1 N–H and O–H groups in total. The maximum atomic E-state index is 12.8. The van der Waals surface area contributed by atoms with Crippen LogP contribution in [0.4, 0.5) is 0 Å². The number of aliphatic hydroxyl groups is 1. The summed E-state index contributed by atoms with van der Waals surface area (Å²) in [6.07, 6.45) is 1.72. The van der Waals surface area contributed by atoms with Crippen LogP contribution >= 0.6 is 0 Å². The first-order chi connectivity index (χ1) is 9.87. The Balaban J connectivity index is 2.33. The van der Waals surface area contributed by atoms with Gasteiger partial charge in [-0.1, -0.05) is 37.8 Å². The lowest BCUT2D eigenvalue weighted by atomic mass is 9.83. The highest BCUT2D eigenvalue weighted by Gasteiger charge is 2.33. The molecule has 1 aromatic carbocycles. The predicted molar refractivity (Wildman–Crippen MR) is 82.2 cm³/mol. The first-order valence-corrected chi connectivity index (χ1v) is 8.50. The van der Waals surface area contributed by atoms with Crippen LogP contribution in [0.25, 0.3) is 0 Å². The molecule has 1 saturated heterocycles. The van der Waals surface area contributed by atoms with Crippen molar-refractivity contribution >= 4 is 10.0 Å². The summed E-state index contributed by atoms with van der Waals surface area (Å²) in [6, 6.07) is 6.70. The third kappa shape index (κ3) is 3.65. The third-order valence-electron chi connectivity index (χ3n) is 3.88. The minimum atomic E-state index is -3.52. The summed E-state index contributed by atoms with van der Waals surface area (Å²) in [7, 11) is -3.52. The summed E-state index contributed by atoms with van der Waals surface area (Å²) in [5.41, 5.74) is 0.638. The van der Waals surface area contributed by atoms with Crippen LogP contribution in [0.15, 0.2) is 29.2 Å². The van der Waals surface area contributed by atoms with E-state index in [4.69, 9.17) is 5.11 Å². The average molecular weight is 307 g/mol. The number of aliphatic hydroxyl groups excluding tert-OH is 1. The molecule has 0 radical (unpaired) electrons. The van der Waals surface area contributed by atoms with E-state index in [1.165, 1.54) is 4.31 Å². The SMILES string of the molecule is CC1(C)CCN(S(=O)(=O)c2ccccc2C#CCO)CC1. The zero-order valence-corrected chi connectivity index (χ0v) is 13.3. The van der Waals surface area contributed by atoms with Crippen LogP contribution < -0.4 is 0 Å². The van der Waals surface area contributed by atoms with Crippen LogP contribution in [0, 0.1) is 17.3 Å². The van der Waals surface area contributed by atoms with Gasteiger partial charge in [-0.05, 0) is 30.4 Å². The van der Waals surface area contributed by atoms with E-state index in [-0.39, 0.29) is 16.9 Å². The molecule has 2 rings (SSSR count). The van der Waals surface area contributed by atoms with E-state index in [1.807, 2.05) is 0 Å². The molecule has 1 aliphatic heterocycles. The Morgan fingerprint density at radius 1 is 1.24 bits per heavy atom. The molecule has 1 heterocycles. The molecule has 0 saturated carbocycles. The first-order valence-electron chi connectivity index (χ1n) is 7.06. The largest absolute Gasteiger partial charge is 0.384 e. The number of hydrogen-bond donors (Lipinski definition) is 1. The van der Waals surface area contributed by atoms with E-state index in [0.717, 1.165) is 12.8 Å². The van der Waals surface area contributed by atoms with Crippen molar-refractivity contribution in [1.82, 2.24) is 4.31 Å². The summed E-state index contributed by atoms with van der Waals surface area (Å²) >= 11 is 0. The Bertz CT molecular complexity index is 658. The van der Waals surface area contributed by atoms with Gasteiger partial charge in [0.1, 0.15) is 6.61 Å². The van der Waals surface area contributed by atoms with Gasteiger partial charge in [-0.2, -0.15) is 4.31 Å². The van der Waals surface area contributed by atoms with Crippen molar-refractivity contribution in [2.24, 2.45) is 5.41 Å². The molecule has 0 unspecified atom stereocenters. The van der Waals surface area contributed by atoms with Crippen LogP contribution in [0.2, 0.25) is 0 Å².